The molecule has 2 aliphatic rings. The second-order valence-corrected chi connectivity index (χ2v) is 6.06. The quantitative estimate of drug-likeness (QED) is 0.838. The van der Waals surface area contributed by atoms with E-state index in [1.54, 1.807) is 0 Å². The number of benzene rings is 1. The van der Waals surface area contributed by atoms with Gasteiger partial charge in [0.2, 0.25) is 0 Å². The second kappa shape index (κ2) is 4.43. The van der Waals surface area contributed by atoms with E-state index in [9.17, 15) is 0 Å². The van der Waals surface area contributed by atoms with E-state index in [0.29, 0.717) is 0 Å². The van der Waals surface area contributed by atoms with Gasteiger partial charge in [0, 0.05) is 5.54 Å². The molecule has 3 rings (SSSR count). The van der Waals surface area contributed by atoms with E-state index in [0.717, 1.165) is 36.8 Å². The lowest BCUT2D eigenvalue weighted by atomic mass is 9.84. The van der Waals surface area contributed by atoms with Crippen molar-refractivity contribution in [2.24, 2.45) is 0 Å². The Morgan fingerprint density at radius 2 is 2.22 bits per heavy atom. The molecule has 3 heteroatoms. The average molecular weight is 266 g/mol. The van der Waals surface area contributed by atoms with Gasteiger partial charge in [0.05, 0.1) is 11.6 Å². The van der Waals surface area contributed by atoms with Gasteiger partial charge < -0.3 is 10.1 Å². The van der Waals surface area contributed by atoms with Crippen molar-refractivity contribution in [1.29, 1.82) is 0 Å². The summed E-state index contributed by atoms with van der Waals surface area (Å²) in [5.41, 5.74) is 4.12. The van der Waals surface area contributed by atoms with Gasteiger partial charge >= 0.3 is 0 Å². The van der Waals surface area contributed by atoms with E-state index in [1.807, 2.05) is 0 Å². The number of hydrogen-bond acceptors (Lipinski definition) is 2. The van der Waals surface area contributed by atoms with E-state index in [1.165, 1.54) is 29.5 Å². The minimum absolute atomic E-state index is 0.0835. The molecule has 1 aromatic rings. The van der Waals surface area contributed by atoms with Crippen LogP contribution in [0, 0.1) is 6.92 Å². The Kier molecular flexibility index (Phi) is 3.03. The highest BCUT2D eigenvalue weighted by atomic mass is 35.5. The van der Waals surface area contributed by atoms with Crippen molar-refractivity contribution in [3.05, 3.63) is 27.8 Å². The predicted octanol–water partition coefficient (Wildman–Crippen LogP) is 3.57. The largest absolute Gasteiger partial charge is 0.492 e. The van der Waals surface area contributed by atoms with Crippen LogP contribution in [0.2, 0.25) is 5.02 Å². The van der Waals surface area contributed by atoms with Crippen LogP contribution in [0.15, 0.2) is 6.07 Å². The standard InChI is InChI=1S/C15H20ClNO/c1-10-11-5-3-8-18-14(11)13(16)9-12(10)15(2)6-4-7-17-15/h9,17H,3-8H2,1-2H3. The Morgan fingerprint density at radius 1 is 1.39 bits per heavy atom. The first-order valence-corrected chi connectivity index (χ1v) is 7.20. The molecule has 0 radical (unpaired) electrons. The molecule has 0 aromatic heterocycles. The lowest BCUT2D eigenvalue weighted by Crippen LogP contribution is -2.34. The summed E-state index contributed by atoms with van der Waals surface area (Å²) < 4.78 is 5.73. The fourth-order valence-electron chi connectivity index (χ4n) is 3.36. The fourth-order valence-corrected chi connectivity index (χ4v) is 3.63. The van der Waals surface area contributed by atoms with Gasteiger partial charge in [-0.1, -0.05) is 11.6 Å². The summed E-state index contributed by atoms with van der Waals surface area (Å²) in [5, 5.41) is 4.40. The number of nitrogens with one attached hydrogen (secondary N) is 1. The summed E-state index contributed by atoms with van der Waals surface area (Å²) in [6.07, 6.45) is 4.60. The first-order valence-electron chi connectivity index (χ1n) is 6.82. The third-order valence-electron chi connectivity index (χ3n) is 4.40. The highest BCUT2D eigenvalue weighted by Crippen LogP contribution is 2.42. The van der Waals surface area contributed by atoms with Gasteiger partial charge in [0.25, 0.3) is 0 Å². The summed E-state index contributed by atoms with van der Waals surface area (Å²) in [5.74, 6) is 0.922. The first kappa shape index (κ1) is 12.3. The molecule has 98 valence electrons. The van der Waals surface area contributed by atoms with Gasteiger partial charge in [0.1, 0.15) is 5.75 Å². The first-order chi connectivity index (χ1) is 8.62. The maximum absolute atomic E-state index is 6.41. The molecule has 1 fully saturated rings. The maximum Gasteiger partial charge on any atom is 0.141 e. The van der Waals surface area contributed by atoms with Crippen LogP contribution < -0.4 is 10.1 Å². The summed E-state index contributed by atoms with van der Waals surface area (Å²) in [4.78, 5) is 0. The van der Waals surface area contributed by atoms with Crippen LogP contribution in [0.5, 0.6) is 5.75 Å². The third kappa shape index (κ3) is 1.83. The zero-order valence-electron chi connectivity index (χ0n) is 11.1. The number of hydrogen-bond donors (Lipinski definition) is 1. The molecule has 0 aliphatic carbocycles. The minimum Gasteiger partial charge on any atom is -0.492 e. The SMILES string of the molecule is Cc1c(C2(C)CCCN2)cc(Cl)c2c1CCCO2. The van der Waals surface area contributed by atoms with Crippen LogP contribution in [0.25, 0.3) is 0 Å². The topological polar surface area (TPSA) is 21.3 Å². The summed E-state index contributed by atoms with van der Waals surface area (Å²) >= 11 is 6.41. The molecular weight excluding hydrogens is 246 g/mol. The second-order valence-electron chi connectivity index (χ2n) is 5.65. The number of rotatable bonds is 1. The van der Waals surface area contributed by atoms with E-state index in [2.05, 4.69) is 25.2 Å². The number of fused-ring (bicyclic) bond motifs is 1. The molecular formula is C15H20ClNO. The minimum atomic E-state index is 0.0835. The van der Waals surface area contributed by atoms with Crippen LogP contribution in [-0.4, -0.2) is 13.2 Å². The Labute approximate surface area is 114 Å². The summed E-state index contributed by atoms with van der Waals surface area (Å²) in [6, 6.07) is 2.11. The van der Waals surface area contributed by atoms with Gasteiger partial charge in [-0.25, -0.2) is 0 Å². The lowest BCUT2D eigenvalue weighted by Gasteiger charge is -2.31. The molecule has 0 saturated carbocycles. The van der Waals surface area contributed by atoms with E-state index in [4.69, 9.17) is 16.3 Å². The van der Waals surface area contributed by atoms with Crippen LogP contribution >= 0.6 is 11.6 Å². The zero-order valence-corrected chi connectivity index (χ0v) is 11.9. The molecule has 2 aliphatic heterocycles. The van der Waals surface area contributed by atoms with Crippen LogP contribution in [-0.2, 0) is 12.0 Å². The van der Waals surface area contributed by atoms with Gasteiger partial charge in [-0.05, 0) is 68.8 Å². The van der Waals surface area contributed by atoms with Crippen molar-refractivity contribution in [3.63, 3.8) is 0 Å². The molecule has 1 saturated heterocycles. The molecule has 1 N–H and O–H groups in total. The summed E-state index contributed by atoms with van der Waals surface area (Å²) in [7, 11) is 0. The van der Waals surface area contributed by atoms with E-state index >= 15 is 0 Å². The fraction of sp³-hybridized carbons (Fsp3) is 0.600. The molecule has 0 amide bonds. The molecule has 0 spiro atoms. The zero-order chi connectivity index (χ0) is 12.8. The van der Waals surface area contributed by atoms with Crippen molar-refractivity contribution in [2.75, 3.05) is 13.2 Å². The predicted molar refractivity (Wildman–Crippen MR) is 74.6 cm³/mol. The third-order valence-corrected chi connectivity index (χ3v) is 4.68. The number of halogens is 1. The van der Waals surface area contributed by atoms with Crippen molar-refractivity contribution >= 4 is 11.6 Å². The Hall–Kier alpha value is -0.730. The number of ether oxygens (including phenoxy) is 1. The average Bonchev–Trinajstić information content (AvgIpc) is 2.82. The molecule has 1 unspecified atom stereocenters. The molecule has 18 heavy (non-hydrogen) atoms. The highest BCUT2D eigenvalue weighted by molar-refractivity contribution is 6.32. The molecule has 1 atom stereocenters. The van der Waals surface area contributed by atoms with Gasteiger partial charge in [0.15, 0.2) is 0 Å². The van der Waals surface area contributed by atoms with Gasteiger partial charge in [-0.15, -0.1) is 0 Å². The van der Waals surface area contributed by atoms with Crippen molar-refractivity contribution in [3.8, 4) is 5.75 Å². The lowest BCUT2D eigenvalue weighted by molar-refractivity contribution is 0.287. The van der Waals surface area contributed by atoms with Crippen LogP contribution in [0.4, 0.5) is 0 Å². The Balaban J connectivity index is 2.13. The van der Waals surface area contributed by atoms with Gasteiger partial charge in [-0.2, -0.15) is 0 Å². The van der Waals surface area contributed by atoms with Crippen LogP contribution in [0.1, 0.15) is 42.9 Å². The Morgan fingerprint density at radius 3 is 2.94 bits per heavy atom. The monoisotopic (exact) mass is 265 g/mol. The molecule has 2 heterocycles. The highest BCUT2D eigenvalue weighted by Gasteiger charge is 2.33. The van der Waals surface area contributed by atoms with Crippen molar-refractivity contribution < 1.29 is 4.74 Å². The Bertz CT molecular complexity index is 478. The smallest absolute Gasteiger partial charge is 0.141 e. The maximum atomic E-state index is 6.41. The van der Waals surface area contributed by atoms with E-state index < -0.39 is 0 Å². The molecule has 2 nitrogen and oxygen atoms in total. The molecule has 1 aromatic carbocycles. The van der Waals surface area contributed by atoms with E-state index in [-0.39, 0.29) is 5.54 Å². The normalized spacial score (nSPS) is 26.8. The molecule has 0 bridgehead atoms. The van der Waals surface area contributed by atoms with Crippen molar-refractivity contribution in [2.45, 2.75) is 45.1 Å². The van der Waals surface area contributed by atoms with Crippen LogP contribution in [0.3, 0.4) is 0 Å². The van der Waals surface area contributed by atoms with Crippen molar-refractivity contribution in [1.82, 2.24) is 5.32 Å². The summed E-state index contributed by atoms with van der Waals surface area (Å²) in [6.45, 7) is 6.39. The van der Waals surface area contributed by atoms with Gasteiger partial charge in [-0.3, -0.25) is 0 Å².